The Morgan fingerprint density at radius 3 is 2.09 bits per heavy atom. The minimum absolute atomic E-state index is 0.00495. The first-order valence-corrected chi connectivity index (χ1v) is 12.6. The molecule has 3 aliphatic rings. The zero-order valence-corrected chi connectivity index (χ0v) is 21.0. The number of rotatable bonds is 7. The number of nitrogens with one attached hydrogen (secondary N) is 1. The maximum absolute atomic E-state index is 13.2. The fourth-order valence-electron chi connectivity index (χ4n) is 5.53. The van der Waals surface area contributed by atoms with Gasteiger partial charge >= 0.3 is 0 Å². The van der Waals surface area contributed by atoms with Crippen LogP contribution in [0.2, 0.25) is 0 Å². The number of carbonyl (C=O) groups is 3. The molecule has 2 saturated heterocycles. The van der Waals surface area contributed by atoms with E-state index in [1.807, 2.05) is 4.90 Å². The van der Waals surface area contributed by atoms with Crippen LogP contribution in [0.5, 0.6) is 17.2 Å². The van der Waals surface area contributed by atoms with Crippen LogP contribution in [0.4, 0.5) is 5.69 Å². The number of ether oxygens (including phenoxy) is 3. The number of hydrogen-bond donors (Lipinski definition) is 1. The Hall–Kier alpha value is -2.97. The molecule has 4 rings (SSSR count). The van der Waals surface area contributed by atoms with Crippen molar-refractivity contribution in [3.05, 3.63) is 12.1 Å². The van der Waals surface area contributed by atoms with Gasteiger partial charge in [-0.2, -0.15) is 0 Å². The molecule has 1 aromatic carbocycles. The molecule has 0 radical (unpaired) electrons. The lowest BCUT2D eigenvalue weighted by molar-refractivity contribution is -0.137. The Bertz CT molecular complexity index is 912. The maximum atomic E-state index is 13.2. The summed E-state index contributed by atoms with van der Waals surface area (Å²) in [7, 11) is 4.58. The molecule has 2 aliphatic heterocycles. The summed E-state index contributed by atoms with van der Waals surface area (Å²) < 4.78 is 16.2. The summed E-state index contributed by atoms with van der Waals surface area (Å²) in [6.45, 7) is 1.52. The Kier molecular flexibility index (Phi) is 8.03. The number of anilines is 1. The smallest absolute Gasteiger partial charge is 0.228 e. The van der Waals surface area contributed by atoms with E-state index in [9.17, 15) is 14.4 Å². The Labute approximate surface area is 207 Å². The van der Waals surface area contributed by atoms with Gasteiger partial charge in [-0.15, -0.1) is 0 Å². The molecule has 192 valence electrons. The average molecular weight is 488 g/mol. The van der Waals surface area contributed by atoms with Gasteiger partial charge in [0.2, 0.25) is 23.5 Å². The number of likely N-dealkylation sites (tertiary alicyclic amines) is 1. The van der Waals surface area contributed by atoms with Crippen molar-refractivity contribution in [2.75, 3.05) is 45.9 Å². The van der Waals surface area contributed by atoms with Crippen LogP contribution in [0.1, 0.15) is 51.4 Å². The number of piperidine rings is 1. The van der Waals surface area contributed by atoms with Gasteiger partial charge in [-0.1, -0.05) is 19.3 Å². The summed E-state index contributed by atoms with van der Waals surface area (Å²) >= 11 is 0. The molecule has 1 N–H and O–H groups in total. The van der Waals surface area contributed by atoms with E-state index in [1.54, 1.807) is 17.0 Å². The minimum Gasteiger partial charge on any atom is -0.493 e. The summed E-state index contributed by atoms with van der Waals surface area (Å²) in [6, 6.07) is 3.58. The zero-order chi connectivity index (χ0) is 24.9. The summed E-state index contributed by atoms with van der Waals surface area (Å²) in [5, 5.41) is 3.21. The number of amides is 3. The fourth-order valence-corrected chi connectivity index (χ4v) is 5.53. The third-order valence-corrected chi connectivity index (χ3v) is 7.56. The van der Waals surface area contributed by atoms with Crippen molar-refractivity contribution in [3.8, 4) is 17.2 Å². The zero-order valence-electron chi connectivity index (χ0n) is 21.0. The second-order valence-corrected chi connectivity index (χ2v) is 9.73. The molecule has 2 heterocycles. The molecule has 3 fully saturated rings. The van der Waals surface area contributed by atoms with Crippen molar-refractivity contribution in [1.82, 2.24) is 10.2 Å². The van der Waals surface area contributed by atoms with Gasteiger partial charge in [0.15, 0.2) is 11.5 Å². The summed E-state index contributed by atoms with van der Waals surface area (Å²) in [6.07, 6.45) is 7.15. The van der Waals surface area contributed by atoms with E-state index in [0.717, 1.165) is 38.5 Å². The predicted molar refractivity (Wildman–Crippen MR) is 131 cm³/mol. The van der Waals surface area contributed by atoms with Crippen molar-refractivity contribution < 1.29 is 28.6 Å². The standard InChI is InChI=1S/C26H37N3O6/c1-33-21-14-20(15-22(34-2)24(21)35-3)29-16-18(13-23(29)30)26(32)28-11-9-19(10-12-28)27-25(31)17-7-5-4-6-8-17/h14-15,17-19H,4-13,16H2,1-3H3,(H,27,31). The lowest BCUT2D eigenvalue weighted by Gasteiger charge is -2.34. The van der Waals surface area contributed by atoms with Crippen molar-refractivity contribution in [2.24, 2.45) is 11.8 Å². The molecular weight excluding hydrogens is 450 g/mol. The second kappa shape index (κ2) is 11.2. The van der Waals surface area contributed by atoms with Crippen molar-refractivity contribution >= 4 is 23.4 Å². The predicted octanol–water partition coefficient (Wildman–Crippen LogP) is 2.75. The highest BCUT2D eigenvalue weighted by molar-refractivity contribution is 6.00. The molecule has 1 aromatic rings. The van der Waals surface area contributed by atoms with E-state index < -0.39 is 5.92 Å². The largest absolute Gasteiger partial charge is 0.493 e. The van der Waals surface area contributed by atoms with Gasteiger partial charge in [-0.05, 0) is 25.7 Å². The summed E-state index contributed by atoms with van der Waals surface area (Å²) in [4.78, 5) is 42.1. The molecule has 1 aliphatic carbocycles. The minimum atomic E-state index is -0.394. The molecular formula is C26H37N3O6. The van der Waals surface area contributed by atoms with Crippen LogP contribution in [0.15, 0.2) is 12.1 Å². The molecule has 1 atom stereocenters. The molecule has 35 heavy (non-hydrogen) atoms. The van der Waals surface area contributed by atoms with E-state index in [1.165, 1.54) is 27.8 Å². The number of benzene rings is 1. The van der Waals surface area contributed by atoms with Crippen molar-refractivity contribution in [2.45, 2.75) is 57.4 Å². The van der Waals surface area contributed by atoms with Crippen LogP contribution in [-0.2, 0) is 14.4 Å². The Morgan fingerprint density at radius 1 is 0.886 bits per heavy atom. The SMILES string of the molecule is COc1cc(N2CC(C(=O)N3CCC(NC(=O)C4CCCCC4)CC3)CC2=O)cc(OC)c1OC. The number of hydrogen-bond acceptors (Lipinski definition) is 6. The quantitative estimate of drug-likeness (QED) is 0.635. The van der Waals surface area contributed by atoms with E-state index in [0.29, 0.717) is 42.6 Å². The molecule has 0 bridgehead atoms. The van der Waals surface area contributed by atoms with Crippen LogP contribution in [-0.4, -0.2) is 69.6 Å². The highest BCUT2D eigenvalue weighted by Gasteiger charge is 2.39. The van der Waals surface area contributed by atoms with Crippen LogP contribution >= 0.6 is 0 Å². The number of carbonyl (C=O) groups excluding carboxylic acids is 3. The third kappa shape index (κ3) is 5.49. The van der Waals surface area contributed by atoms with Crippen molar-refractivity contribution in [1.29, 1.82) is 0 Å². The number of methoxy groups -OCH3 is 3. The normalized spacial score (nSPS) is 21.7. The van der Waals surface area contributed by atoms with Crippen LogP contribution in [0.25, 0.3) is 0 Å². The van der Waals surface area contributed by atoms with E-state index in [-0.39, 0.29) is 36.1 Å². The summed E-state index contributed by atoms with van der Waals surface area (Å²) in [5.41, 5.74) is 0.615. The molecule has 0 spiro atoms. The monoisotopic (exact) mass is 487 g/mol. The van der Waals surface area contributed by atoms with Crippen LogP contribution in [0, 0.1) is 11.8 Å². The number of nitrogens with zero attached hydrogens (tertiary/aromatic N) is 2. The van der Waals surface area contributed by atoms with Crippen LogP contribution in [0.3, 0.4) is 0 Å². The molecule has 9 heteroatoms. The first-order valence-electron chi connectivity index (χ1n) is 12.6. The van der Waals surface area contributed by atoms with E-state index >= 15 is 0 Å². The fraction of sp³-hybridized carbons (Fsp3) is 0.654. The highest BCUT2D eigenvalue weighted by atomic mass is 16.5. The highest BCUT2D eigenvalue weighted by Crippen LogP contribution is 2.42. The second-order valence-electron chi connectivity index (χ2n) is 9.73. The maximum Gasteiger partial charge on any atom is 0.228 e. The molecule has 1 saturated carbocycles. The molecule has 0 aromatic heterocycles. The van der Waals surface area contributed by atoms with Gasteiger partial charge < -0.3 is 29.3 Å². The van der Waals surface area contributed by atoms with Gasteiger partial charge in [0, 0.05) is 50.1 Å². The Morgan fingerprint density at radius 2 is 1.51 bits per heavy atom. The van der Waals surface area contributed by atoms with Gasteiger partial charge in [-0.3, -0.25) is 14.4 Å². The lowest BCUT2D eigenvalue weighted by Crippen LogP contribution is -2.49. The Balaban J connectivity index is 1.34. The first kappa shape index (κ1) is 25.1. The van der Waals surface area contributed by atoms with E-state index in [2.05, 4.69) is 5.32 Å². The van der Waals surface area contributed by atoms with Gasteiger partial charge in [0.05, 0.1) is 32.9 Å². The average Bonchev–Trinajstić information content (AvgIpc) is 3.29. The van der Waals surface area contributed by atoms with E-state index in [4.69, 9.17) is 14.2 Å². The molecule has 3 amide bonds. The van der Waals surface area contributed by atoms with Crippen LogP contribution < -0.4 is 24.4 Å². The van der Waals surface area contributed by atoms with Crippen molar-refractivity contribution in [3.63, 3.8) is 0 Å². The van der Waals surface area contributed by atoms with Gasteiger partial charge in [0.25, 0.3) is 0 Å². The topological polar surface area (TPSA) is 97.4 Å². The summed E-state index contributed by atoms with van der Waals surface area (Å²) in [5.74, 6) is 1.21. The lowest BCUT2D eigenvalue weighted by atomic mass is 9.88. The third-order valence-electron chi connectivity index (χ3n) is 7.56. The van der Waals surface area contributed by atoms with Gasteiger partial charge in [0.1, 0.15) is 0 Å². The van der Waals surface area contributed by atoms with Gasteiger partial charge in [-0.25, -0.2) is 0 Å². The first-order chi connectivity index (χ1) is 16.9. The molecule has 1 unspecified atom stereocenters. The molecule has 9 nitrogen and oxygen atoms in total.